The minimum atomic E-state index is 0.0791. The summed E-state index contributed by atoms with van der Waals surface area (Å²) in [6.07, 6.45) is 0. The molecular formula is C92H97BBrO2S2. The molecule has 0 fully saturated rings. The summed E-state index contributed by atoms with van der Waals surface area (Å²) in [6.45, 7) is 46.6. The highest BCUT2D eigenvalue weighted by atomic mass is 79.9. The lowest BCUT2D eigenvalue weighted by atomic mass is 9.78. The maximum Gasteiger partial charge on any atom is 0.569 e. The zero-order chi connectivity index (χ0) is 70.2. The molecule has 0 atom stereocenters. The van der Waals surface area contributed by atoms with Gasteiger partial charge in [-0.25, -0.2) is 0 Å². The van der Waals surface area contributed by atoms with Crippen LogP contribution in [0.25, 0.3) is 117 Å². The average molecular weight is 1390 g/mol. The Kier molecular flexibility index (Phi) is 19.5. The molecule has 0 saturated carbocycles. The Hall–Kier alpha value is -7.58. The van der Waals surface area contributed by atoms with Crippen LogP contribution in [0.5, 0.6) is 5.75 Å². The Morgan fingerprint density at radius 2 is 0.592 bits per heavy atom. The molecule has 0 aliphatic carbocycles. The Morgan fingerprint density at radius 1 is 0.296 bits per heavy atom. The average Bonchev–Trinajstić information content (AvgIpc) is 1.12. The van der Waals surface area contributed by atoms with Gasteiger partial charge >= 0.3 is 7.69 Å². The van der Waals surface area contributed by atoms with E-state index < -0.39 is 0 Å². The van der Waals surface area contributed by atoms with Gasteiger partial charge in [0.05, 0.1) is 0 Å². The van der Waals surface area contributed by atoms with E-state index in [1.165, 1.54) is 161 Å². The number of halogens is 1. The Labute approximate surface area is 601 Å². The van der Waals surface area contributed by atoms with E-state index in [4.69, 9.17) is 9.68 Å². The molecule has 1 radical (unpaired) electrons. The second-order valence-electron chi connectivity index (χ2n) is 32.6. The first-order valence-corrected chi connectivity index (χ1v) is 37.7. The molecule has 14 aromatic rings. The van der Waals surface area contributed by atoms with E-state index in [0.29, 0.717) is 37.1 Å². The molecule has 6 heteroatoms. The van der Waals surface area contributed by atoms with Crippen LogP contribution in [0.1, 0.15) is 207 Å². The SMILES string of the molecule is CC(C)c1c2ccc(-c3cc(C(C)(C)C)cc(C(C)(C)C)c3)cc2c(C(C)C)c2ccc(Br)cc12.CC(C)c1c2ccc(-c3ccc4sc5ccccc5c4c3)cc2c(C(C)C)c2ccc(-c3cc(C(C)(C)C)cc(C(C)(C)C)c3)cc12.O[B]Oc1ccc2sc3ccccc3c2c1. The lowest BCUT2D eigenvalue weighted by Gasteiger charge is -2.27. The van der Waals surface area contributed by atoms with Crippen molar-refractivity contribution in [3.05, 3.63) is 243 Å². The highest BCUT2D eigenvalue weighted by Gasteiger charge is 2.26. The number of hydrogen-bond donors (Lipinski definition) is 1. The highest BCUT2D eigenvalue weighted by molar-refractivity contribution is 9.10. The Bertz CT molecular complexity index is 5290. The van der Waals surface area contributed by atoms with Crippen molar-refractivity contribution in [2.75, 3.05) is 0 Å². The summed E-state index contributed by atoms with van der Waals surface area (Å²) >= 11 is 7.37. The van der Waals surface area contributed by atoms with Gasteiger partial charge in [-0.1, -0.05) is 276 Å². The fourth-order valence-electron chi connectivity index (χ4n) is 14.7. The van der Waals surface area contributed by atoms with Crippen molar-refractivity contribution >= 4 is 130 Å². The van der Waals surface area contributed by atoms with Gasteiger partial charge in [0.2, 0.25) is 0 Å². The van der Waals surface area contributed by atoms with Crippen LogP contribution in [0.3, 0.4) is 0 Å². The van der Waals surface area contributed by atoms with Crippen LogP contribution in [0, 0.1) is 0 Å². The number of hydrogen-bond acceptors (Lipinski definition) is 4. The van der Waals surface area contributed by atoms with Crippen LogP contribution >= 0.6 is 38.6 Å². The van der Waals surface area contributed by atoms with E-state index in [2.05, 4.69) is 318 Å². The Morgan fingerprint density at radius 3 is 0.949 bits per heavy atom. The summed E-state index contributed by atoms with van der Waals surface area (Å²) in [7, 11) is 0.704. The summed E-state index contributed by atoms with van der Waals surface area (Å²) < 4.78 is 11.3. The van der Waals surface area contributed by atoms with Crippen molar-refractivity contribution in [1.29, 1.82) is 0 Å². The standard InChI is InChI=1S/C46H48S.C34H41Br.C12H8BO2S/c1-27(2)43-37-19-16-31(32-21-33(45(5,6)7)26-34(22-32)46(8,9)10)25-40(37)44(28(3)4)36-18-15-29(24-39(36)43)30-17-20-42-38(23-30)35-13-11-12-14-41(35)47-42;1-20(2)31-28-14-12-26(35)19-30(28)32(21(3)4)27-13-11-22(17-29(27)31)23-15-24(33(5,6)7)18-25(16-23)34(8,9)10;14-13-15-8-5-6-12-10(7-8)9-3-1-2-4-11(9)16-12/h11-28H,1-10H3;11-21H,1-10H3;1-7,14H. The topological polar surface area (TPSA) is 29.5 Å². The van der Waals surface area contributed by atoms with E-state index in [-0.39, 0.29) is 21.7 Å². The first kappa shape index (κ1) is 70.3. The third-order valence-corrected chi connectivity index (χ3v) is 22.7. The molecule has 2 nitrogen and oxygen atoms in total. The van der Waals surface area contributed by atoms with E-state index >= 15 is 0 Å². The van der Waals surface area contributed by atoms with E-state index in [1.807, 2.05) is 41.7 Å². The van der Waals surface area contributed by atoms with Gasteiger partial charge in [0, 0.05) is 44.8 Å². The minimum absolute atomic E-state index is 0.0791. The molecule has 0 saturated heterocycles. The molecule has 0 unspecified atom stereocenters. The van der Waals surface area contributed by atoms with Gasteiger partial charge in [0.25, 0.3) is 0 Å². The predicted octanol–water partition coefficient (Wildman–Crippen LogP) is 28.8. The quantitative estimate of drug-likeness (QED) is 0.115. The fraction of sp³-hybridized carbons (Fsp3) is 0.304. The van der Waals surface area contributed by atoms with Gasteiger partial charge in [-0.15, -0.1) is 22.7 Å². The molecule has 0 aliphatic heterocycles. The van der Waals surface area contributed by atoms with Crippen molar-refractivity contribution in [3.8, 4) is 39.1 Å². The number of fused-ring (bicyclic) bond motifs is 10. The van der Waals surface area contributed by atoms with Crippen LogP contribution in [0.15, 0.2) is 199 Å². The van der Waals surface area contributed by atoms with Crippen LogP contribution < -0.4 is 4.65 Å². The second-order valence-corrected chi connectivity index (χ2v) is 35.7. The van der Waals surface area contributed by atoms with Gasteiger partial charge in [-0.2, -0.15) is 0 Å². The molecule has 0 bridgehead atoms. The van der Waals surface area contributed by atoms with Crippen LogP contribution in [-0.2, 0) is 21.7 Å². The summed E-state index contributed by atoms with van der Waals surface area (Å²) in [6, 6.07) is 72.9. The van der Waals surface area contributed by atoms with E-state index in [9.17, 15) is 0 Å². The third kappa shape index (κ3) is 14.0. The van der Waals surface area contributed by atoms with Gasteiger partial charge in [-0.05, 0) is 239 Å². The van der Waals surface area contributed by atoms with Crippen LogP contribution in [-0.4, -0.2) is 12.7 Å². The normalized spacial score (nSPS) is 12.6. The molecule has 12 aromatic carbocycles. The van der Waals surface area contributed by atoms with Gasteiger partial charge < -0.3 is 9.68 Å². The molecule has 2 aromatic heterocycles. The number of rotatable bonds is 9. The number of benzene rings is 12. The van der Waals surface area contributed by atoms with Gasteiger partial charge in [0.15, 0.2) is 0 Å². The number of thiophene rings is 2. The summed E-state index contributed by atoms with van der Waals surface area (Å²) in [4.78, 5) is 0. The monoisotopic (exact) mass is 1390 g/mol. The maximum absolute atomic E-state index is 8.61. The first-order valence-electron chi connectivity index (χ1n) is 35.3. The smallest absolute Gasteiger partial charge is 0.537 e. The minimum Gasteiger partial charge on any atom is -0.537 e. The third-order valence-electron chi connectivity index (χ3n) is 19.9. The van der Waals surface area contributed by atoms with E-state index in [1.54, 1.807) is 11.3 Å². The molecular weight excluding hydrogens is 1290 g/mol. The first-order chi connectivity index (χ1) is 46.3. The molecule has 1 N–H and O–H groups in total. The van der Waals surface area contributed by atoms with Gasteiger partial charge in [0.1, 0.15) is 5.75 Å². The molecule has 98 heavy (non-hydrogen) atoms. The second kappa shape index (κ2) is 27.2. The van der Waals surface area contributed by atoms with Crippen molar-refractivity contribution in [1.82, 2.24) is 0 Å². The summed E-state index contributed by atoms with van der Waals surface area (Å²) in [5, 5.41) is 24.8. The maximum atomic E-state index is 8.61. The van der Waals surface area contributed by atoms with Crippen molar-refractivity contribution in [2.24, 2.45) is 0 Å². The van der Waals surface area contributed by atoms with Crippen molar-refractivity contribution in [3.63, 3.8) is 0 Å². The molecule has 14 rings (SSSR count). The van der Waals surface area contributed by atoms with E-state index in [0.717, 1.165) is 4.47 Å². The molecule has 2 heterocycles. The van der Waals surface area contributed by atoms with Gasteiger partial charge in [-0.3, -0.25) is 0 Å². The fourth-order valence-corrected chi connectivity index (χ4v) is 17.2. The summed E-state index contributed by atoms with van der Waals surface area (Å²) in [5.74, 6) is 2.31. The predicted molar refractivity (Wildman–Crippen MR) is 439 cm³/mol. The largest absolute Gasteiger partial charge is 0.569 e. The lowest BCUT2D eigenvalue weighted by molar-refractivity contribution is 0.454. The molecule has 0 amide bonds. The van der Waals surface area contributed by atoms with Crippen LogP contribution in [0.4, 0.5) is 0 Å². The summed E-state index contributed by atoms with van der Waals surface area (Å²) in [5.41, 5.74) is 19.6. The molecule has 499 valence electrons. The zero-order valence-electron chi connectivity index (χ0n) is 61.4. The molecule has 0 aliphatic rings. The highest BCUT2D eigenvalue weighted by Crippen LogP contribution is 2.47. The lowest BCUT2D eigenvalue weighted by Crippen LogP contribution is -2.16. The molecule has 0 spiro atoms. The van der Waals surface area contributed by atoms with Crippen LogP contribution in [0.2, 0.25) is 0 Å². The van der Waals surface area contributed by atoms with Crippen molar-refractivity contribution < 1.29 is 9.68 Å². The Balaban J connectivity index is 0.000000156. The van der Waals surface area contributed by atoms with Crippen molar-refractivity contribution in [2.45, 2.75) is 184 Å². The zero-order valence-corrected chi connectivity index (χ0v) is 64.6.